The number of aliphatic hydroxyl groups is 1. The molecule has 0 saturated heterocycles. The average molecular weight is 342 g/mol. The van der Waals surface area contributed by atoms with Crippen molar-refractivity contribution in [2.45, 2.75) is 26.1 Å². The summed E-state index contributed by atoms with van der Waals surface area (Å²) in [5, 5.41) is 13.1. The van der Waals surface area contributed by atoms with Crippen LogP contribution in [-0.2, 0) is 0 Å². The standard InChI is InChI=1S/C20H26N2O3/c1-14(2)25-18-7-5-6-16(12-18)19(23)13-21-20(24)15-8-10-17(11-9-15)22(3)4/h5-12,14,19,23H,13H2,1-4H3,(H,21,24)/t19-/m1/s1. The molecule has 134 valence electrons. The van der Waals surface area contributed by atoms with Gasteiger partial charge in [-0.1, -0.05) is 12.1 Å². The van der Waals surface area contributed by atoms with E-state index in [-0.39, 0.29) is 18.6 Å². The minimum atomic E-state index is -0.791. The van der Waals surface area contributed by atoms with Crippen LogP contribution < -0.4 is 15.0 Å². The molecule has 0 saturated carbocycles. The van der Waals surface area contributed by atoms with E-state index in [4.69, 9.17) is 4.74 Å². The second-order valence-electron chi connectivity index (χ2n) is 6.41. The van der Waals surface area contributed by atoms with Crippen molar-refractivity contribution < 1.29 is 14.6 Å². The number of aliphatic hydroxyl groups excluding tert-OH is 1. The molecular weight excluding hydrogens is 316 g/mol. The van der Waals surface area contributed by atoms with Gasteiger partial charge < -0.3 is 20.1 Å². The highest BCUT2D eigenvalue weighted by atomic mass is 16.5. The Hall–Kier alpha value is -2.53. The van der Waals surface area contributed by atoms with Crippen LogP contribution in [0, 0.1) is 0 Å². The summed E-state index contributed by atoms with van der Waals surface area (Å²) in [5.41, 5.74) is 2.30. The number of nitrogens with zero attached hydrogens (tertiary/aromatic N) is 1. The molecule has 1 atom stereocenters. The molecule has 0 aliphatic carbocycles. The molecule has 0 radical (unpaired) electrons. The van der Waals surface area contributed by atoms with Gasteiger partial charge in [0, 0.05) is 31.9 Å². The van der Waals surface area contributed by atoms with Gasteiger partial charge in [0.25, 0.3) is 5.91 Å². The first-order valence-corrected chi connectivity index (χ1v) is 8.37. The largest absolute Gasteiger partial charge is 0.491 e. The van der Waals surface area contributed by atoms with Gasteiger partial charge in [-0.05, 0) is 55.8 Å². The number of benzene rings is 2. The number of anilines is 1. The Morgan fingerprint density at radius 1 is 1.16 bits per heavy atom. The lowest BCUT2D eigenvalue weighted by atomic mass is 10.1. The number of carbonyl (C=O) groups is 1. The van der Waals surface area contributed by atoms with Crippen molar-refractivity contribution in [1.82, 2.24) is 5.32 Å². The Kier molecular flexibility index (Phi) is 6.42. The first-order chi connectivity index (χ1) is 11.9. The molecule has 2 rings (SSSR count). The fourth-order valence-electron chi connectivity index (χ4n) is 2.39. The Labute approximate surface area is 149 Å². The Morgan fingerprint density at radius 2 is 1.84 bits per heavy atom. The molecule has 2 aromatic rings. The van der Waals surface area contributed by atoms with Gasteiger partial charge in [0.2, 0.25) is 0 Å². The highest BCUT2D eigenvalue weighted by molar-refractivity contribution is 5.94. The summed E-state index contributed by atoms with van der Waals surface area (Å²) in [7, 11) is 3.89. The van der Waals surface area contributed by atoms with E-state index in [0.717, 1.165) is 5.69 Å². The molecule has 2 aromatic carbocycles. The summed E-state index contributed by atoms with van der Waals surface area (Å²) >= 11 is 0. The molecule has 5 nitrogen and oxygen atoms in total. The predicted octanol–water partition coefficient (Wildman–Crippen LogP) is 3.00. The topological polar surface area (TPSA) is 61.8 Å². The van der Waals surface area contributed by atoms with Crippen molar-refractivity contribution in [3.05, 3.63) is 59.7 Å². The zero-order valence-corrected chi connectivity index (χ0v) is 15.2. The van der Waals surface area contributed by atoms with E-state index in [2.05, 4.69) is 5.32 Å². The first-order valence-electron chi connectivity index (χ1n) is 8.37. The van der Waals surface area contributed by atoms with Crippen molar-refractivity contribution in [2.24, 2.45) is 0 Å². The van der Waals surface area contributed by atoms with Crippen molar-refractivity contribution in [3.63, 3.8) is 0 Å². The smallest absolute Gasteiger partial charge is 0.251 e. The second-order valence-corrected chi connectivity index (χ2v) is 6.41. The number of amides is 1. The van der Waals surface area contributed by atoms with Crippen LogP contribution in [0.2, 0.25) is 0 Å². The van der Waals surface area contributed by atoms with Crippen LogP contribution >= 0.6 is 0 Å². The molecule has 0 spiro atoms. The third kappa shape index (κ3) is 5.50. The number of hydrogen-bond donors (Lipinski definition) is 2. The van der Waals surface area contributed by atoms with Gasteiger partial charge in [-0.3, -0.25) is 4.79 Å². The van der Waals surface area contributed by atoms with E-state index in [1.807, 2.05) is 63.2 Å². The molecule has 0 unspecified atom stereocenters. The van der Waals surface area contributed by atoms with E-state index in [0.29, 0.717) is 16.9 Å². The number of ether oxygens (including phenoxy) is 1. The lowest BCUT2D eigenvalue weighted by Crippen LogP contribution is -2.28. The van der Waals surface area contributed by atoms with Gasteiger partial charge in [-0.15, -0.1) is 0 Å². The second kappa shape index (κ2) is 8.53. The van der Waals surface area contributed by atoms with Crippen LogP contribution in [-0.4, -0.2) is 37.8 Å². The summed E-state index contributed by atoms with van der Waals surface area (Å²) in [5.74, 6) is 0.496. The Balaban J connectivity index is 1.94. The summed E-state index contributed by atoms with van der Waals surface area (Å²) in [6.07, 6.45) is -0.724. The van der Waals surface area contributed by atoms with Gasteiger partial charge >= 0.3 is 0 Å². The van der Waals surface area contributed by atoms with Gasteiger partial charge in [-0.2, -0.15) is 0 Å². The molecule has 1 amide bonds. The number of carbonyl (C=O) groups excluding carboxylic acids is 1. The third-order valence-corrected chi connectivity index (χ3v) is 3.72. The Morgan fingerprint density at radius 3 is 2.44 bits per heavy atom. The minimum absolute atomic E-state index is 0.0669. The average Bonchev–Trinajstić information content (AvgIpc) is 2.59. The van der Waals surface area contributed by atoms with Crippen molar-refractivity contribution in [1.29, 1.82) is 0 Å². The van der Waals surface area contributed by atoms with Gasteiger partial charge in [0.15, 0.2) is 0 Å². The highest BCUT2D eigenvalue weighted by Gasteiger charge is 2.12. The lowest BCUT2D eigenvalue weighted by Gasteiger charge is -2.15. The molecular formula is C20H26N2O3. The molecule has 0 aliphatic rings. The minimum Gasteiger partial charge on any atom is -0.491 e. The van der Waals surface area contributed by atoms with Crippen LogP contribution in [0.15, 0.2) is 48.5 Å². The first kappa shape index (κ1) is 18.8. The fourth-order valence-corrected chi connectivity index (χ4v) is 2.39. The normalized spacial score (nSPS) is 11.9. The summed E-state index contributed by atoms with van der Waals surface area (Å²) in [4.78, 5) is 14.2. The highest BCUT2D eigenvalue weighted by Crippen LogP contribution is 2.20. The van der Waals surface area contributed by atoms with Gasteiger partial charge in [-0.25, -0.2) is 0 Å². The molecule has 0 bridgehead atoms. The zero-order valence-electron chi connectivity index (χ0n) is 15.2. The molecule has 2 N–H and O–H groups in total. The fraction of sp³-hybridized carbons (Fsp3) is 0.350. The van der Waals surface area contributed by atoms with E-state index in [1.54, 1.807) is 18.2 Å². The summed E-state index contributed by atoms with van der Waals surface area (Å²) in [6, 6.07) is 14.6. The van der Waals surface area contributed by atoms with Crippen molar-refractivity contribution in [3.8, 4) is 5.75 Å². The lowest BCUT2D eigenvalue weighted by molar-refractivity contribution is 0.0916. The molecule has 0 aliphatic heterocycles. The van der Waals surface area contributed by atoms with E-state index >= 15 is 0 Å². The maximum Gasteiger partial charge on any atom is 0.251 e. The molecule has 25 heavy (non-hydrogen) atoms. The van der Waals surface area contributed by atoms with Gasteiger partial charge in [0.1, 0.15) is 5.75 Å². The van der Waals surface area contributed by atoms with Crippen LogP contribution in [0.3, 0.4) is 0 Å². The third-order valence-electron chi connectivity index (χ3n) is 3.72. The quantitative estimate of drug-likeness (QED) is 0.812. The molecule has 0 heterocycles. The zero-order chi connectivity index (χ0) is 18.4. The Bertz CT molecular complexity index is 696. The number of nitrogens with one attached hydrogen (secondary N) is 1. The van der Waals surface area contributed by atoms with Gasteiger partial charge in [0.05, 0.1) is 12.2 Å². The summed E-state index contributed by atoms with van der Waals surface area (Å²) in [6.45, 7) is 4.04. The molecule has 0 fully saturated rings. The van der Waals surface area contributed by atoms with Crippen molar-refractivity contribution in [2.75, 3.05) is 25.5 Å². The summed E-state index contributed by atoms with van der Waals surface area (Å²) < 4.78 is 5.63. The number of rotatable bonds is 7. The maximum absolute atomic E-state index is 12.2. The molecule has 5 heteroatoms. The maximum atomic E-state index is 12.2. The predicted molar refractivity (Wildman–Crippen MR) is 100 cm³/mol. The van der Waals surface area contributed by atoms with Crippen LogP contribution in [0.5, 0.6) is 5.75 Å². The monoisotopic (exact) mass is 342 g/mol. The van der Waals surface area contributed by atoms with Crippen molar-refractivity contribution >= 4 is 11.6 Å². The van der Waals surface area contributed by atoms with E-state index in [9.17, 15) is 9.90 Å². The van der Waals surface area contributed by atoms with Crippen LogP contribution in [0.4, 0.5) is 5.69 Å². The van der Waals surface area contributed by atoms with Crippen LogP contribution in [0.25, 0.3) is 0 Å². The van der Waals surface area contributed by atoms with E-state index in [1.165, 1.54) is 0 Å². The SMILES string of the molecule is CC(C)Oc1cccc([C@H](O)CNC(=O)c2ccc(N(C)C)cc2)c1. The molecule has 0 aromatic heterocycles. The van der Waals surface area contributed by atoms with Crippen LogP contribution in [0.1, 0.15) is 35.9 Å². The van der Waals surface area contributed by atoms with E-state index < -0.39 is 6.10 Å². The number of hydrogen-bond acceptors (Lipinski definition) is 4.